The van der Waals surface area contributed by atoms with E-state index in [4.69, 9.17) is 21.1 Å². The number of benzene rings is 3. The lowest BCUT2D eigenvalue weighted by Gasteiger charge is -2.15. The zero-order valence-electron chi connectivity index (χ0n) is 20.5. The van der Waals surface area contributed by atoms with Crippen LogP contribution in [0.1, 0.15) is 23.6 Å². The maximum absolute atomic E-state index is 13.1. The summed E-state index contributed by atoms with van der Waals surface area (Å²) in [4.78, 5) is 25.0. The van der Waals surface area contributed by atoms with Gasteiger partial charge in [0.2, 0.25) is 0 Å². The first-order valence-corrected chi connectivity index (χ1v) is 11.7. The van der Waals surface area contributed by atoms with Gasteiger partial charge in [0.15, 0.2) is 18.1 Å². The van der Waals surface area contributed by atoms with Crippen molar-refractivity contribution >= 4 is 40.9 Å². The van der Waals surface area contributed by atoms with Crippen LogP contribution in [-0.2, 0) is 9.59 Å². The maximum atomic E-state index is 13.1. The SMILES string of the molecule is CCOc1cc(/C=C(\C#N)C(=O)Nc2ccc(F)cc2)cc(Cl)c1OCC(=O)Nc1cccc(C)c1C. The number of ether oxygens (including phenoxy) is 2. The van der Waals surface area contributed by atoms with E-state index in [0.717, 1.165) is 11.1 Å². The lowest BCUT2D eigenvalue weighted by Crippen LogP contribution is -2.21. The molecular formula is C28H25ClFN3O4. The van der Waals surface area contributed by atoms with E-state index >= 15 is 0 Å². The van der Waals surface area contributed by atoms with Crippen LogP contribution in [-0.4, -0.2) is 25.0 Å². The van der Waals surface area contributed by atoms with Crippen LogP contribution >= 0.6 is 11.6 Å². The number of nitriles is 1. The molecule has 190 valence electrons. The van der Waals surface area contributed by atoms with Crippen molar-refractivity contribution in [2.24, 2.45) is 0 Å². The second kappa shape index (κ2) is 12.6. The molecule has 9 heteroatoms. The van der Waals surface area contributed by atoms with E-state index in [1.165, 1.54) is 36.4 Å². The van der Waals surface area contributed by atoms with Gasteiger partial charge in [-0.2, -0.15) is 5.26 Å². The van der Waals surface area contributed by atoms with Crippen LogP contribution in [0.2, 0.25) is 5.02 Å². The number of carbonyl (C=O) groups is 2. The molecule has 0 aromatic heterocycles. The number of amides is 2. The van der Waals surface area contributed by atoms with E-state index < -0.39 is 11.7 Å². The van der Waals surface area contributed by atoms with Gasteiger partial charge in [0.05, 0.1) is 11.6 Å². The van der Waals surface area contributed by atoms with Gasteiger partial charge in [-0.25, -0.2) is 4.39 Å². The topological polar surface area (TPSA) is 100 Å². The molecule has 0 aliphatic rings. The van der Waals surface area contributed by atoms with Gasteiger partial charge in [-0.1, -0.05) is 23.7 Å². The zero-order chi connectivity index (χ0) is 26.9. The number of hydrogen-bond acceptors (Lipinski definition) is 5. The average Bonchev–Trinajstić information content (AvgIpc) is 2.86. The highest BCUT2D eigenvalue weighted by atomic mass is 35.5. The van der Waals surface area contributed by atoms with Crippen molar-refractivity contribution in [1.29, 1.82) is 5.26 Å². The first kappa shape index (κ1) is 27.2. The first-order chi connectivity index (χ1) is 17.7. The average molecular weight is 522 g/mol. The van der Waals surface area contributed by atoms with Crippen molar-refractivity contribution in [3.05, 3.63) is 87.7 Å². The summed E-state index contributed by atoms with van der Waals surface area (Å²) in [7, 11) is 0. The number of aryl methyl sites for hydroxylation is 1. The van der Waals surface area contributed by atoms with Gasteiger partial charge in [-0.3, -0.25) is 9.59 Å². The van der Waals surface area contributed by atoms with E-state index in [1.54, 1.807) is 19.1 Å². The standard InChI is InChI=1S/C28H25ClFN3O4/c1-4-36-25-14-19(12-20(15-31)28(35)32-22-10-8-21(30)9-11-22)13-23(29)27(25)37-16-26(34)33-24-7-5-6-17(2)18(24)3/h5-14H,4,16H2,1-3H3,(H,32,35)(H,33,34)/b20-12+. The number of halogens is 2. The summed E-state index contributed by atoms with van der Waals surface area (Å²) < 4.78 is 24.4. The largest absolute Gasteiger partial charge is 0.490 e. The fraction of sp³-hybridized carbons (Fsp3) is 0.179. The third-order valence-corrected chi connectivity index (χ3v) is 5.62. The number of carbonyl (C=O) groups excluding carboxylic acids is 2. The van der Waals surface area contributed by atoms with Crippen molar-refractivity contribution in [2.45, 2.75) is 20.8 Å². The molecule has 0 spiro atoms. The molecule has 0 saturated carbocycles. The molecule has 0 fully saturated rings. The molecule has 0 bridgehead atoms. The lowest BCUT2D eigenvalue weighted by molar-refractivity contribution is -0.118. The zero-order valence-corrected chi connectivity index (χ0v) is 21.3. The predicted octanol–water partition coefficient (Wildman–Crippen LogP) is 6.06. The molecule has 3 aromatic carbocycles. The van der Waals surface area contributed by atoms with Gasteiger partial charge in [-0.15, -0.1) is 0 Å². The van der Waals surface area contributed by atoms with Crippen LogP contribution in [0.5, 0.6) is 11.5 Å². The minimum absolute atomic E-state index is 0.132. The van der Waals surface area contributed by atoms with E-state index in [2.05, 4.69) is 10.6 Å². The van der Waals surface area contributed by atoms with Gasteiger partial charge in [0, 0.05) is 11.4 Å². The summed E-state index contributed by atoms with van der Waals surface area (Å²) in [6.45, 7) is 5.61. The minimum atomic E-state index is -0.674. The lowest BCUT2D eigenvalue weighted by atomic mass is 10.1. The van der Waals surface area contributed by atoms with E-state index in [-0.39, 0.29) is 41.2 Å². The van der Waals surface area contributed by atoms with Crippen molar-refractivity contribution in [2.75, 3.05) is 23.8 Å². The molecule has 0 aliphatic heterocycles. The predicted molar refractivity (Wildman–Crippen MR) is 141 cm³/mol. The Bertz CT molecular complexity index is 1380. The Balaban J connectivity index is 1.77. The van der Waals surface area contributed by atoms with Crippen LogP contribution in [0.4, 0.5) is 15.8 Å². The molecule has 37 heavy (non-hydrogen) atoms. The Kier molecular flexibility index (Phi) is 9.25. The fourth-order valence-corrected chi connectivity index (χ4v) is 3.61. The molecule has 2 N–H and O–H groups in total. The van der Waals surface area contributed by atoms with Crippen LogP contribution in [0.3, 0.4) is 0 Å². The second-order valence-corrected chi connectivity index (χ2v) is 8.39. The molecule has 0 unspecified atom stereocenters. The summed E-state index contributed by atoms with van der Waals surface area (Å²) in [6.07, 6.45) is 1.34. The van der Waals surface area contributed by atoms with E-state index in [0.29, 0.717) is 16.9 Å². The highest BCUT2D eigenvalue weighted by molar-refractivity contribution is 6.32. The number of rotatable bonds is 9. The quantitative estimate of drug-likeness (QED) is 0.263. The molecule has 0 atom stereocenters. The number of anilines is 2. The van der Waals surface area contributed by atoms with E-state index in [1.807, 2.05) is 32.0 Å². The van der Waals surface area contributed by atoms with Crippen molar-refractivity contribution < 1.29 is 23.5 Å². The summed E-state index contributed by atoms with van der Waals surface area (Å²) in [5.74, 6) is -1.09. The third-order valence-electron chi connectivity index (χ3n) is 5.34. The number of nitrogens with one attached hydrogen (secondary N) is 2. The van der Waals surface area contributed by atoms with Gasteiger partial charge in [-0.05, 0) is 86.0 Å². The number of hydrogen-bond donors (Lipinski definition) is 2. The third kappa shape index (κ3) is 7.32. The second-order valence-electron chi connectivity index (χ2n) is 7.98. The highest BCUT2D eigenvalue weighted by Gasteiger charge is 2.16. The molecule has 3 aromatic rings. The summed E-state index contributed by atoms with van der Waals surface area (Å²) in [5, 5.41) is 15.0. The van der Waals surface area contributed by atoms with E-state index in [9.17, 15) is 19.2 Å². The Labute approximate surface area is 219 Å². The molecule has 0 saturated heterocycles. The summed E-state index contributed by atoms with van der Waals surface area (Å²) in [5.41, 5.74) is 3.23. The van der Waals surface area contributed by atoms with Crippen molar-refractivity contribution in [3.8, 4) is 17.6 Å². The Morgan fingerprint density at radius 1 is 1.08 bits per heavy atom. The monoisotopic (exact) mass is 521 g/mol. The Morgan fingerprint density at radius 2 is 1.81 bits per heavy atom. The number of nitrogens with zero attached hydrogens (tertiary/aromatic N) is 1. The molecule has 0 heterocycles. The Morgan fingerprint density at radius 3 is 2.49 bits per heavy atom. The van der Waals surface area contributed by atoms with Gasteiger partial charge in [0.1, 0.15) is 17.5 Å². The minimum Gasteiger partial charge on any atom is -0.490 e. The van der Waals surface area contributed by atoms with Gasteiger partial charge >= 0.3 is 0 Å². The van der Waals surface area contributed by atoms with Gasteiger partial charge < -0.3 is 20.1 Å². The smallest absolute Gasteiger partial charge is 0.266 e. The van der Waals surface area contributed by atoms with Gasteiger partial charge in [0.25, 0.3) is 11.8 Å². The summed E-state index contributed by atoms with van der Waals surface area (Å²) in [6, 6.07) is 15.7. The fourth-order valence-electron chi connectivity index (χ4n) is 3.33. The molecular weight excluding hydrogens is 497 g/mol. The summed E-state index contributed by atoms with van der Waals surface area (Å²) >= 11 is 6.43. The molecule has 0 radical (unpaired) electrons. The maximum Gasteiger partial charge on any atom is 0.266 e. The van der Waals surface area contributed by atoms with Crippen LogP contribution < -0.4 is 20.1 Å². The van der Waals surface area contributed by atoms with Crippen LogP contribution in [0, 0.1) is 31.0 Å². The van der Waals surface area contributed by atoms with Crippen molar-refractivity contribution in [3.63, 3.8) is 0 Å². The highest BCUT2D eigenvalue weighted by Crippen LogP contribution is 2.37. The normalized spacial score (nSPS) is 10.9. The molecule has 2 amide bonds. The molecule has 7 nitrogen and oxygen atoms in total. The van der Waals surface area contributed by atoms with Crippen LogP contribution in [0.15, 0.2) is 60.2 Å². The van der Waals surface area contributed by atoms with Crippen LogP contribution in [0.25, 0.3) is 6.08 Å². The first-order valence-electron chi connectivity index (χ1n) is 11.4. The van der Waals surface area contributed by atoms with Crippen molar-refractivity contribution in [1.82, 2.24) is 0 Å². The Hall–Kier alpha value is -4.35. The molecule has 0 aliphatic carbocycles. The molecule has 3 rings (SSSR count).